The van der Waals surface area contributed by atoms with Crippen LogP contribution in [0, 0.1) is 17.0 Å². The summed E-state index contributed by atoms with van der Waals surface area (Å²) < 4.78 is 6.52. The number of aryl methyl sites for hydroxylation is 1. The van der Waals surface area contributed by atoms with Crippen LogP contribution in [0.25, 0.3) is 5.78 Å². The first-order valence-electron chi connectivity index (χ1n) is 8.68. The van der Waals surface area contributed by atoms with Gasteiger partial charge in [0.15, 0.2) is 6.61 Å². The Bertz CT molecular complexity index is 1110. The molecule has 1 N–H and O–H groups in total. The van der Waals surface area contributed by atoms with Crippen LogP contribution in [0.5, 0.6) is 0 Å². The maximum Gasteiger partial charge on any atom is 0.342 e. The van der Waals surface area contributed by atoms with Crippen molar-refractivity contribution in [1.29, 1.82) is 0 Å². The maximum atomic E-state index is 12.5. The normalized spacial score (nSPS) is 10.9. The molecule has 2 heterocycles. The predicted molar refractivity (Wildman–Crippen MR) is 102 cm³/mol. The third kappa shape index (κ3) is 4.18. The number of hydrogen-bond donors (Lipinski definition) is 1. The lowest BCUT2D eigenvalue weighted by Gasteiger charge is -2.13. The van der Waals surface area contributed by atoms with Gasteiger partial charge in [-0.25, -0.2) is 14.3 Å². The van der Waals surface area contributed by atoms with Gasteiger partial charge in [-0.2, -0.15) is 10.1 Å². The van der Waals surface area contributed by atoms with Gasteiger partial charge >= 0.3 is 5.97 Å². The molecule has 11 nitrogen and oxygen atoms in total. The van der Waals surface area contributed by atoms with Gasteiger partial charge in [-0.05, 0) is 24.5 Å². The molecule has 0 bridgehead atoms. The Morgan fingerprint density at radius 3 is 2.76 bits per heavy atom. The summed E-state index contributed by atoms with van der Waals surface area (Å²) in [5.74, 6) is -1.21. The monoisotopic (exact) mass is 398 g/mol. The molecule has 11 heteroatoms. The van der Waals surface area contributed by atoms with E-state index in [0.29, 0.717) is 17.0 Å². The summed E-state index contributed by atoms with van der Waals surface area (Å²) >= 11 is 0. The van der Waals surface area contributed by atoms with Gasteiger partial charge in [0.1, 0.15) is 12.0 Å². The molecule has 0 atom stereocenters. The molecule has 0 fully saturated rings. The van der Waals surface area contributed by atoms with E-state index in [0.717, 1.165) is 0 Å². The standard InChI is InChI=1S/C18H18N6O5/c1-10(2)16-12(7-19-18-20-9-21-23(16)18)17(26)29-8-15(25)22-13-5-4-11(3)6-14(13)24(27)28/h4-7,9-10H,8H2,1-3H3,(H,22,25). The Kier molecular flexibility index (Phi) is 5.48. The molecule has 3 aromatic rings. The molecule has 0 saturated heterocycles. The number of benzene rings is 1. The van der Waals surface area contributed by atoms with E-state index in [9.17, 15) is 19.7 Å². The largest absolute Gasteiger partial charge is 0.452 e. The highest BCUT2D eigenvalue weighted by Crippen LogP contribution is 2.25. The number of nitro groups is 1. The molecule has 0 spiro atoms. The van der Waals surface area contributed by atoms with Gasteiger partial charge < -0.3 is 10.1 Å². The van der Waals surface area contributed by atoms with E-state index in [1.807, 2.05) is 13.8 Å². The number of carbonyl (C=O) groups is 2. The minimum absolute atomic E-state index is 0.0234. The Morgan fingerprint density at radius 2 is 2.07 bits per heavy atom. The number of ether oxygens (including phenoxy) is 1. The smallest absolute Gasteiger partial charge is 0.342 e. The van der Waals surface area contributed by atoms with E-state index in [-0.39, 0.29) is 22.9 Å². The number of nitrogens with one attached hydrogen (secondary N) is 1. The molecule has 0 saturated carbocycles. The highest BCUT2D eigenvalue weighted by molar-refractivity contribution is 5.97. The molecule has 2 aromatic heterocycles. The number of aromatic nitrogens is 4. The van der Waals surface area contributed by atoms with Crippen molar-refractivity contribution in [2.75, 3.05) is 11.9 Å². The average molecular weight is 398 g/mol. The van der Waals surface area contributed by atoms with Crippen LogP contribution in [0.15, 0.2) is 30.7 Å². The van der Waals surface area contributed by atoms with Crippen LogP contribution in [0.1, 0.15) is 41.4 Å². The summed E-state index contributed by atoms with van der Waals surface area (Å²) in [5, 5.41) is 17.6. The molecule has 29 heavy (non-hydrogen) atoms. The number of nitro benzene ring substituents is 1. The van der Waals surface area contributed by atoms with E-state index >= 15 is 0 Å². The third-order valence-electron chi connectivity index (χ3n) is 4.07. The molecule has 1 aromatic carbocycles. The molecule has 0 aliphatic carbocycles. The van der Waals surface area contributed by atoms with E-state index in [2.05, 4.69) is 20.4 Å². The summed E-state index contributed by atoms with van der Waals surface area (Å²) in [6.45, 7) is 4.83. The van der Waals surface area contributed by atoms with Crippen molar-refractivity contribution in [2.45, 2.75) is 26.7 Å². The molecule has 0 unspecified atom stereocenters. The summed E-state index contributed by atoms with van der Waals surface area (Å²) in [5.41, 5.74) is 1.17. The number of nitrogens with zero attached hydrogens (tertiary/aromatic N) is 5. The first kappa shape index (κ1) is 19.9. The lowest BCUT2D eigenvalue weighted by molar-refractivity contribution is -0.384. The fourth-order valence-corrected chi connectivity index (χ4v) is 2.80. The zero-order chi connectivity index (χ0) is 21.1. The van der Waals surface area contributed by atoms with Crippen molar-refractivity contribution in [3.05, 3.63) is 57.7 Å². The van der Waals surface area contributed by atoms with Gasteiger partial charge in [0.05, 0.1) is 16.2 Å². The van der Waals surface area contributed by atoms with Crippen LogP contribution in [-0.2, 0) is 9.53 Å². The minimum atomic E-state index is -0.757. The molecule has 0 radical (unpaired) electrons. The molecular weight excluding hydrogens is 380 g/mol. The topological polar surface area (TPSA) is 142 Å². The second-order valence-corrected chi connectivity index (χ2v) is 6.59. The Labute approximate surface area is 164 Å². The zero-order valence-electron chi connectivity index (χ0n) is 15.9. The van der Waals surface area contributed by atoms with Gasteiger partial charge in [-0.1, -0.05) is 19.9 Å². The van der Waals surface area contributed by atoms with Crippen LogP contribution in [-0.4, -0.2) is 43.0 Å². The number of anilines is 1. The fraction of sp³-hybridized carbons (Fsp3) is 0.278. The molecule has 150 valence electrons. The highest BCUT2D eigenvalue weighted by Gasteiger charge is 2.22. The number of rotatable bonds is 6. The lowest BCUT2D eigenvalue weighted by atomic mass is 10.1. The number of esters is 1. The van der Waals surface area contributed by atoms with E-state index in [1.165, 1.54) is 29.2 Å². The molecule has 1 amide bonds. The second-order valence-electron chi connectivity index (χ2n) is 6.59. The van der Waals surface area contributed by atoms with Crippen molar-refractivity contribution in [3.8, 4) is 0 Å². The third-order valence-corrected chi connectivity index (χ3v) is 4.07. The maximum absolute atomic E-state index is 12.5. The van der Waals surface area contributed by atoms with Gasteiger partial charge in [0.25, 0.3) is 17.4 Å². The summed E-state index contributed by atoms with van der Waals surface area (Å²) in [6.07, 6.45) is 2.65. The molecule has 3 rings (SSSR count). The van der Waals surface area contributed by atoms with Crippen LogP contribution < -0.4 is 5.32 Å². The molecule has 0 aliphatic heterocycles. The second kappa shape index (κ2) is 8.00. The summed E-state index contributed by atoms with van der Waals surface area (Å²) in [6, 6.07) is 4.39. The number of carbonyl (C=O) groups excluding carboxylic acids is 2. The number of amides is 1. The highest BCUT2D eigenvalue weighted by atomic mass is 16.6. The fourth-order valence-electron chi connectivity index (χ4n) is 2.80. The van der Waals surface area contributed by atoms with Gasteiger partial charge in [-0.15, -0.1) is 0 Å². The lowest BCUT2D eigenvalue weighted by Crippen LogP contribution is -2.23. The van der Waals surface area contributed by atoms with Crippen LogP contribution in [0.2, 0.25) is 0 Å². The SMILES string of the molecule is Cc1ccc(NC(=O)COC(=O)c2cnc3ncnn3c2C(C)C)c([N+](=O)[O-])c1. The van der Waals surface area contributed by atoms with Crippen molar-refractivity contribution >= 4 is 29.0 Å². The van der Waals surface area contributed by atoms with Crippen molar-refractivity contribution < 1.29 is 19.2 Å². The Balaban J connectivity index is 1.73. The minimum Gasteiger partial charge on any atom is -0.452 e. The first-order valence-corrected chi connectivity index (χ1v) is 8.68. The van der Waals surface area contributed by atoms with Crippen LogP contribution >= 0.6 is 0 Å². The first-order chi connectivity index (χ1) is 13.8. The average Bonchev–Trinajstić information content (AvgIpc) is 3.15. The van der Waals surface area contributed by atoms with Crippen LogP contribution in [0.4, 0.5) is 11.4 Å². The van der Waals surface area contributed by atoms with Gasteiger partial charge in [-0.3, -0.25) is 14.9 Å². The summed E-state index contributed by atoms with van der Waals surface area (Å²) in [4.78, 5) is 43.2. The quantitative estimate of drug-likeness (QED) is 0.378. The van der Waals surface area contributed by atoms with Crippen molar-refractivity contribution in [3.63, 3.8) is 0 Å². The zero-order valence-corrected chi connectivity index (χ0v) is 15.9. The van der Waals surface area contributed by atoms with Crippen molar-refractivity contribution in [2.24, 2.45) is 0 Å². The van der Waals surface area contributed by atoms with Gasteiger partial charge in [0.2, 0.25) is 0 Å². The van der Waals surface area contributed by atoms with E-state index < -0.39 is 23.4 Å². The van der Waals surface area contributed by atoms with E-state index in [4.69, 9.17) is 4.74 Å². The summed E-state index contributed by atoms with van der Waals surface area (Å²) in [7, 11) is 0. The molecular formula is C18H18N6O5. The molecule has 0 aliphatic rings. The number of hydrogen-bond acceptors (Lipinski definition) is 8. The number of fused-ring (bicyclic) bond motifs is 1. The van der Waals surface area contributed by atoms with E-state index in [1.54, 1.807) is 13.0 Å². The predicted octanol–water partition coefficient (Wildman–Crippen LogP) is 2.26. The van der Waals surface area contributed by atoms with Crippen LogP contribution in [0.3, 0.4) is 0 Å². The van der Waals surface area contributed by atoms with Gasteiger partial charge in [0, 0.05) is 12.3 Å². The Morgan fingerprint density at radius 1 is 1.31 bits per heavy atom. The van der Waals surface area contributed by atoms with Crippen molar-refractivity contribution in [1.82, 2.24) is 19.6 Å². The Hall–Kier alpha value is -3.89.